The number of rotatable bonds is 6. The Balaban J connectivity index is 1.70. The number of aromatic nitrogens is 1. The van der Waals surface area contributed by atoms with Crippen LogP contribution in [0.2, 0.25) is 0 Å². The summed E-state index contributed by atoms with van der Waals surface area (Å²) in [6.45, 7) is 1.73. The Hall–Kier alpha value is -3.61. The maximum absolute atomic E-state index is 12.7. The molecule has 7 heteroatoms. The largest absolute Gasteiger partial charge is 0.360 e. The summed E-state index contributed by atoms with van der Waals surface area (Å²) in [6.07, 6.45) is 0.339. The van der Waals surface area contributed by atoms with Gasteiger partial charge in [0, 0.05) is 18.2 Å². The normalized spacial score (nSPS) is 11.4. The van der Waals surface area contributed by atoms with Crippen molar-refractivity contribution < 1.29 is 14.1 Å². The first-order chi connectivity index (χ1) is 13.1. The monoisotopic (exact) mass is 364 g/mol. The zero-order chi connectivity index (χ0) is 19.1. The van der Waals surface area contributed by atoms with E-state index in [1.165, 1.54) is 0 Å². The number of nitrogens with one attached hydrogen (secondary N) is 3. The predicted octanol–water partition coefficient (Wildman–Crippen LogP) is 3.35. The van der Waals surface area contributed by atoms with Gasteiger partial charge in [0.05, 0.1) is 0 Å². The van der Waals surface area contributed by atoms with Crippen molar-refractivity contribution in [3.63, 3.8) is 0 Å². The molecular weight excluding hydrogens is 344 g/mol. The molecule has 138 valence electrons. The molecule has 1 atom stereocenters. The van der Waals surface area contributed by atoms with Crippen molar-refractivity contribution >= 4 is 23.4 Å². The van der Waals surface area contributed by atoms with Crippen LogP contribution in [0.25, 0.3) is 0 Å². The van der Waals surface area contributed by atoms with Gasteiger partial charge in [0.2, 0.25) is 5.91 Å². The topological polar surface area (TPSA) is 96.3 Å². The maximum Gasteiger partial charge on any atom is 0.319 e. The van der Waals surface area contributed by atoms with E-state index in [1.807, 2.05) is 48.5 Å². The average Bonchev–Trinajstić information content (AvgIpc) is 3.07. The Bertz CT molecular complexity index is 894. The van der Waals surface area contributed by atoms with E-state index in [-0.39, 0.29) is 5.91 Å². The molecule has 0 saturated heterocycles. The summed E-state index contributed by atoms with van der Waals surface area (Å²) in [5.74, 6) is 0.510. The molecule has 0 unspecified atom stereocenters. The second-order valence-corrected chi connectivity index (χ2v) is 6.02. The van der Waals surface area contributed by atoms with Gasteiger partial charge in [-0.05, 0) is 24.6 Å². The molecule has 0 aliphatic heterocycles. The van der Waals surface area contributed by atoms with Crippen LogP contribution in [0, 0.1) is 6.92 Å². The molecule has 27 heavy (non-hydrogen) atoms. The van der Waals surface area contributed by atoms with E-state index in [2.05, 4.69) is 21.1 Å². The minimum absolute atomic E-state index is 0.306. The molecule has 0 spiro atoms. The first-order valence-electron chi connectivity index (χ1n) is 8.51. The lowest BCUT2D eigenvalue weighted by molar-refractivity contribution is -0.117. The van der Waals surface area contributed by atoms with E-state index in [0.717, 1.165) is 5.56 Å². The molecule has 0 fully saturated rings. The van der Waals surface area contributed by atoms with Crippen molar-refractivity contribution in [1.82, 2.24) is 10.5 Å². The first kappa shape index (κ1) is 18.2. The van der Waals surface area contributed by atoms with Crippen LogP contribution in [0.4, 0.5) is 16.3 Å². The van der Waals surface area contributed by atoms with Gasteiger partial charge in [0.1, 0.15) is 11.8 Å². The average molecular weight is 364 g/mol. The Morgan fingerprint density at radius 3 is 2.30 bits per heavy atom. The minimum Gasteiger partial charge on any atom is -0.360 e. The summed E-state index contributed by atoms with van der Waals surface area (Å²) in [4.78, 5) is 25.0. The second kappa shape index (κ2) is 8.66. The van der Waals surface area contributed by atoms with Gasteiger partial charge < -0.3 is 20.5 Å². The number of anilines is 2. The first-order valence-corrected chi connectivity index (χ1v) is 8.51. The molecule has 3 N–H and O–H groups in total. The molecular formula is C20H20N4O3. The number of hydrogen-bond donors (Lipinski definition) is 3. The molecule has 3 aromatic rings. The highest BCUT2D eigenvalue weighted by Gasteiger charge is 2.22. The smallest absolute Gasteiger partial charge is 0.319 e. The van der Waals surface area contributed by atoms with E-state index >= 15 is 0 Å². The lowest BCUT2D eigenvalue weighted by Gasteiger charge is -2.18. The van der Waals surface area contributed by atoms with Crippen LogP contribution >= 0.6 is 0 Å². The minimum atomic E-state index is -0.784. The van der Waals surface area contributed by atoms with Crippen molar-refractivity contribution in [2.75, 3.05) is 10.6 Å². The molecule has 0 saturated carbocycles. The van der Waals surface area contributed by atoms with Crippen LogP contribution in [-0.2, 0) is 11.2 Å². The summed E-state index contributed by atoms with van der Waals surface area (Å²) in [5, 5.41) is 11.9. The third-order valence-electron chi connectivity index (χ3n) is 3.82. The number of urea groups is 1. The van der Waals surface area contributed by atoms with Crippen LogP contribution in [0.15, 0.2) is 71.3 Å². The standard InChI is InChI=1S/C20H20N4O3/c1-14-12-18(24-27-14)23-19(25)17(13-15-8-4-2-5-9-15)22-20(26)21-16-10-6-3-7-11-16/h2-12,17H,13H2,1H3,(H2,21,22,26)(H,23,24,25)/t17-/m0/s1. The van der Waals surface area contributed by atoms with Gasteiger partial charge >= 0.3 is 6.03 Å². The SMILES string of the molecule is Cc1cc(NC(=O)[C@H](Cc2ccccc2)NC(=O)Nc2ccccc2)no1. The van der Waals surface area contributed by atoms with Crippen LogP contribution in [-0.4, -0.2) is 23.1 Å². The fraction of sp³-hybridized carbons (Fsp3) is 0.150. The third-order valence-corrected chi connectivity index (χ3v) is 3.82. The molecule has 3 rings (SSSR count). The molecule has 0 aliphatic rings. The number of para-hydroxylation sites is 1. The molecule has 2 aromatic carbocycles. The Morgan fingerprint density at radius 1 is 1.00 bits per heavy atom. The van der Waals surface area contributed by atoms with Crippen molar-refractivity contribution in [2.45, 2.75) is 19.4 Å². The van der Waals surface area contributed by atoms with Gasteiger partial charge in [-0.25, -0.2) is 4.79 Å². The summed E-state index contributed by atoms with van der Waals surface area (Å²) >= 11 is 0. The second-order valence-electron chi connectivity index (χ2n) is 6.02. The fourth-order valence-corrected chi connectivity index (χ4v) is 2.54. The van der Waals surface area contributed by atoms with Crippen LogP contribution < -0.4 is 16.0 Å². The van der Waals surface area contributed by atoms with Crippen LogP contribution in [0.3, 0.4) is 0 Å². The Morgan fingerprint density at radius 2 is 1.67 bits per heavy atom. The highest BCUT2D eigenvalue weighted by atomic mass is 16.5. The van der Waals surface area contributed by atoms with Gasteiger partial charge in [0.15, 0.2) is 5.82 Å². The zero-order valence-corrected chi connectivity index (χ0v) is 14.8. The number of hydrogen-bond acceptors (Lipinski definition) is 4. The third kappa shape index (κ3) is 5.43. The van der Waals surface area contributed by atoms with Gasteiger partial charge in [-0.2, -0.15) is 0 Å². The predicted molar refractivity (Wildman–Crippen MR) is 102 cm³/mol. The summed E-state index contributed by atoms with van der Waals surface area (Å²) in [7, 11) is 0. The van der Waals surface area contributed by atoms with E-state index in [1.54, 1.807) is 25.1 Å². The summed E-state index contributed by atoms with van der Waals surface area (Å²) < 4.78 is 4.96. The molecule has 0 bridgehead atoms. The van der Waals surface area contributed by atoms with Crippen LogP contribution in [0.5, 0.6) is 0 Å². The highest BCUT2D eigenvalue weighted by Crippen LogP contribution is 2.10. The van der Waals surface area contributed by atoms with E-state index in [9.17, 15) is 9.59 Å². The summed E-state index contributed by atoms with van der Waals surface area (Å²) in [6, 6.07) is 18.9. The number of aryl methyl sites for hydroxylation is 1. The highest BCUT2D eigenvalue weighted by molar-refractivity contribution is 5.98. The molecule has 0 aliphatic carbocycles. The molecule has 7 nitrogen and oxygen atoms in total. The van der Waals surface area contributed by atoms with Crippen molar-refractivity contribution in [2.24, 2.45) is 0 Å². The van der Waals surface area contributed by atoms with Crippen LogP contribution in [0.1, 0.15) is 11.3 Å². The van der Waals surface area contributed by atoms with E-state index < -0.39 is 12.1 Å². The van der Waals surface area contributed by atoms with Gasteiger partial charge in [-0.1, -0.05) is 53.7 Å². The van der Waals surface area contributed by atoms with Gasteiger partial charge in [0.25, 0.3) is 0 Å². The van der Waals surface area contributed by atoms with Crippen molar-refractivity contribution in [3.8, 4) is 0 Å². The lowest BCUT2D eigenvalue weighted by Crippen LogP contribution is -2.47. The maximum atomic E-state index is 12.7. The number of nitrogens with zero attached hydrogens (tertiary/aromatic N) is 1. The molecule has 3 amide bonds. The summed E-state index contributed by atoms with van der Waals surface area (Å²) in [5.41, 5.74) is 1.56. The lowest BCUT2D eigenvalue weighted by atomic mass is 10.1. The Kier molecular flexibility index (Phi) is 5.84. The number of amides is 3. The fourth-order valence-electron chi connectivity index (χ4n) is 2.54. The van der Waals surface area contributed by atoms with Crippen molar-refractivity contribution in [3.05, 3.63) is 78.1 Å². The van der Waals surface area contributed by atoms with E-state index in [0.29, 0.717) is 23.7 Å². The molecule has 0 radical (unpaired) electrons. The quantitative estimate of drug-likeness (QED) is 0.625. The van der Waals surface area contributed by atoms with Crippen molar-refractivity contribution in [1.29, 1.82) is 0 Å². The number of benzene rings is 2. The molecule has 1 heterocycles. The van der Waals surface area contributed by atoms with E-state index in [4.69, 9.17) is 4.52 Å². The van der Waals surface area contributed by atoms with Gasteiger partial charge in [-0.3, -0.25) is 4.79 Å². The molecule has 1 aromatic heterocycles. The number of carbonyl (C=O) groups is 2. The van der Waals surface area contributed by atoms with Gasteiger partial charge in [-0.15, -0.1) is 0 Å². The Labute approximate surface area is 156 Å². The number of carbonyl (C=O) groups excluding carboxylic acids is 2. The zero-order valence-electron chi connectivity index (χ0n) is 14.8.